The first kappa shape index (κ1) is 24.2. The van der Waals surface area contributed by atoms with Gasteiger partial charge in [-0.05, 0) is 64.1 Å². The number of hydrogen-bond acceptors (Lipinski definition) is 9. The Hall–Kier alpha value is -3.92. The van der Waals surface area contributed by atoms with Crippen molar-refractivity contribution in [3.63, 3.8) is 0 Å². The van der Waals surface area contributed by atoms with E-state index in [1.54, 1.807) is 50.2 Å². The van der Waals surface area contributed by atoms with E-state index < -0.39 is 23.7 Å². The Morgan fingerprint density at radius 1 is 1.23 bits per heavy atom. The molecule has 1 fully saturated rings. The lowest BCUT2D eigenvalue weighted by Gasteiger charge is -2.20. The highest BCUT2D eigenvalue weighted by molar-refractivity contribution is 7.17. The van der Waals surface area contributed by atoms with Gasteiger partial charge in [-0.2, -0.15) is 0 Å². The van der Waals surface area contributed by atoms with Gasteiger partial charge in [0.2, 0.25) is 0 Å². The number of ether oxygens (including phenoxy) is 2. The number of aryl methyl sites for hydroxylation is 1. The van der Waals surface area contributed by atoms with Gasteiger partial charge in [0.05, 0.1) is 30.2 Å². The number of Topliss-reactive ketones (excluding diaryl/α,β-unsaturated/α-hetero) is 1. The van der Waals surface area contributed by atoms with Crippen molar-refractivity contribution in [2.75, 3.05) is 11.5 Å². The number of furan rings is 1. The molecule has 0 radical (unpaired) electrons. The van der Waals surface area contributed by atoms with Crippen molar-refractivity contribution in [3.05, 3.63) is 70.1 Å². The number of esters is 1. The fourth-order valence-electron chi connectivity index (χ4n) is 3.74. The Labute approximate surface area is 205 Å². The minimum absolute atomic E-state index is 0.0278. The van der Waals surface area contributed by atoms with Crippen LogP contribution in [0.4, 0.5) is 5.13 Å². The van der Waals surface area contributed by atoms with Gasteiger partial charge in [-0.3, -0.25) is 14.5 Å². The highest BCUT2D eigenvalue weighted by atomic mass is 32.1. The van der Waals surface area contributed by atoms with Gasteiger partial charge >= 0.3 is 11.9 Å². The van der Waals surface area contributed by atoms with Gasteiger partial charge in [0.1, 0.15) is 28.2 Å². The molecule has 35 heavy (non-hydrogen) atoms. The second kappa shape index (κ2) is 9.75. The normalized spacial score (nSPS) is 17.3. The zero-order chi connectivity index (χ0) is 25.3. The number of rotatable bonds is 7. The summed E-state index contributed by atoms with van der Waals surface area (Å²) in [5.41, 5.74) is 0.551. The lowest BCUT2D eigenvalue weighted by Crippen LogP contribution is -2.29. The average Bonchev–Trinajstić information content (AvgIpc) is 3.53. The molecule has 0 spiro atoms. The van der Waals surface area contributed by atoms with E-state index >= 15 is 0 Å². The van der Waals surface area contributed by atoms with Crippen molar-refractivity contribution in [1.82, 2.24) is 4.98 Å². The third-order valence-corrected chi connectivity index (χ3v) is 6.35. The fraction of sp³-hybridized carbons (Fsp3) is 0.280. The maximum Gasteiger partial charge on any atom is 0.350 e. The summed E-state index contributed by atoms with van der Waals surface area (Å²) in [6.45, 7) is 7.28. The smallest absolute Gasteiger partial charge is 0.350 e. The number of aliphatic hydroxyl groups excluding tert-OH is 1. The second-order valence-corrected chi connectivity index (χ2v) is 8.98. The van der Waals surface area contributed by atoms with Gasteiger partial charge in [0, 0.05) is 5.56 Å². The van der Waals surface area contributed by atoms with Gasteiger partial charge < -0.3 is 19.0 Å². The third-order valence-electron chi connectivity index (χ3n) is 5.21. The van der Waals surface area contributed by atoms with Crippen LogP contribution in [-0.4, -0.2) is 40.5 Å². The number of carbonyl (C=O) groups excluding carboxylic acids is 3. The number of ketones is 1. The predicted molar refractivity (Wildman–Crippen MR) is 129 cm³/mol. The first-order valence-corrected chi connectivity index (χ1v) is 11.8. The molecule has 10 heteroatoms. The summed E-state index contributed by atoms with van der Waals surface area (Å²) >= 11 is 0.934. The zero-order valence-electron chi connectivity index (χ0n) is 19.6. The number of thiazole rings is 1. The number of amides is 1. The van der Waals surface area contributed by atoms with E-state index in [1.165, 1.54) is 6.26 Å². The molecule has 1 atom stereocenters. The Morgan fingerprint density at radius 3 is 2.54 bits per heavy atom. The monoisotopic (exact) mass is 496 g/mol. The molecule has 1 amide bonds. The van der Waals surface area contributed by atoms with Crippen LogP contribution in [0.1, 0.15) is 53.5 Å². The number of benzene rings is 1. The quantitative estimate of drug-likeness (QED) is 0.218. The van der Waals surface area contributed by atoms with Crippen molar-refractivity contribution >= 4 is 39.9 Å². The van der Waals surface area contributed by atoms with Gasteiger partial charge in [-0.25, -0.2) is 9.78 Å². The van der Waals surface area contributed by atoms with Crippen molar-refractivity contribution < 1.29 is 33.4 Å². The van der Waals surface area contributed by atoms with E-state index in [9.17, 15) is 19.5 Å². The number of aliphatic hydroxyl groups is 1. The van der Waals surface area contributed by atoms with Gasteiger partial charge in [-0.15, -0.1) is 0 Å². The molecule has 3 heterocycles. The highest BCUT2D eigenvalue weighted by Crippen LogP contribution is 2.44. The van der Waals surface area contributed by atoms with Crippen molar-refractivity contribution in [2.45, 2.75) is 39.8 Å². The van der Waals surface area contributed by atoms with Crippen LogP contribution >= 0.6 is 11.3 Å². The Bertz CT molecular complexity index is 1290. The topological polar surface area (TPSA) is 119 Å². The van der Waals surface area contributed by atoms with Gasteiger partial charge in [0.25, 0.3) is 5.78 Å². The molecular formula is C25H24N2O7S. The van der Waals surface area contributed by atoms with Gasteiger partial charge in [0.15, 0.2) is 5.13 Å². The van der Waals surface area contributed by atoms with Crippen LogP contribution in [0.2, 0.25) is 0 Å². The van der Waals surface area contributed by atoms with Crippen LogP contribution in [0.25, 0.3) is 5.76 Å². The molecule has 182 valence electrons. The largest absolute Gasteiger partial charge is 0.507 e. The van der Waals surface area contributed by atoms with E-state index in [-0.39, 0.29) is 39.8 Å². The Balaban J connectivity index is 1.81. The highest BCUT2D eigenvalue weighted by Gasteiger charge is 2.49. The summed E-state index contributed by atoms with van der Waals surface area (Å²) in [5.74, 6) is -1.85. The van der Waals surface area contributed by atoms with Crippen LogP contribution in [0.5, 0.6) is 5.75 Å². The molecule has 1 aromatic carbocycles. The summed E-state index contributed by atoms with van der Waals surface area (Å²) in [4.78, 5) is 44.4. The first-order valence-electron chi connectivity index (χ1n) is 11.0. The molecule has 1 aliphatic rings. The number of anilines is 1. The maximum absolute atomic E-state index is 13.2. The van der Waals surface area contributed by atoms with Gasteiger partial charge in [-0.1, -0.05) is 11.3 Å². The molecule has 9 nitrogen and oxygen atoms in total. The van der Waals surface area contributed by atoms with E-state index in [0.717, 1.165) is 16.2 Å². The molecule has 4 rings (SSSR count). The molecular weight excluding hydrogens is 472 g/mol. The number of aromatic nitrogens is 1. The number of carbonyl (C=O) groups is 3. The summed E-state index contributed by atoms with van der Waals surface area (Å²) in [7, 11) is 0. The Morgan fingerprint density at radius 2 is 1.94 bits per heavy atom. The third kappa shape index (κ3) is 4.57. The molecule has 1 unspecified atom stereocenters. The van der Waals surface area contributed by atoms with E-state index in [1.807, 2.05) is 13.8 Å². The molecule has 0 aliphatic carbocycles. The molecule has 0 bridgehead atoms. The lowest BCUT2D eigenvalue weighted by atomic mass is 9.99. The standard InChI is InChI=1S/C25H24N2O7S/c1-5-32-24(31)22-14(4)26-25(35-22)27-19(17-7-6-12-33-17)18(21(29)23(27)30)20(28)15-8-10-16(11-9-15)34-13(2)3/h6-13,19,28H,5H2,1-4H3. The summed E-state index contributed by atoms with van der Waals surface area (Å²) < 4.78 is 16.2. The van der Waals surface area contributed by atoms with Crippen molar-refractivity contribution in [2.24, 2.45) is 0 Å². The van der Waals surface area contributed by atoms with Crippen LogP contribution in [0.15, 0.2) is 52.7 Å². The molecule has 1 N–H and O–H groups in total. The van der Waals surface area contributed by atoms with Crippen molar-refractivity contribution in [3.8, 4) is 5.75 Å². The fourth-order valence-corrected chi connectivity index (χ4v) is 4.72. The zero-order valence-corrected chi connectivity index (χ0v) is 20.4. The van der Waals surface area contributed by atoms with Crippen LogP contribution in [0, 0.1) is 6.92 Å². The summed E-state index contributed by atoms with van der Waals surface area (Å²) in [5, 5.41) is 11.3. The lowest BCUT2D eigenvalue weighted by molar-refractivity contribution is -0.132. The number of nitrogens with zero attached hydrogens (tertiary/aromatic N) is 2. The SMILES string of the molecule is CCOC(=O)c1sc(N2C(=O)C(=O)C(=C(O)c3ccc(OC(C)C)cc3)C2c2ccco2)nc1C. The maximum atomic E-state index is 13.2. The molecule has 0 saturated carbocycles. The van der Waals surface area contributed by atoms with Crippen LogP contribution in [-0.2, 0) is 14.3 Å². The Kier molecular flexibility index (Phi) is 6.74. The van der Waals surface area contributed by atoms with E-state index in [2.05, 4.69) is 4.98 Å². The van der Waals surface area contributed by atoms with Crippen molar-refractivity contribution in [1.29, 1.82) is 0 Å². The van der Waals surface area contributed by atoms with Crippen LogP contribution in [0.3, 0.4) is 0 Å². The number of hydrogen-bond donors (Lipinski definition) is 1. The summed E-state index contributed by atoms with van der Waals surface area (Å²) in [6, 6.07) is 8.69. The molecule has 2 aromatic heterocycles. The van der Waals surface area contributed by atoms with E-state index in [4.69, 9.17) is 13.9 Å². The molecule has 1 aliphatic heterocycles. The summed E-state index contributed by atoms with van der Waals surface area (Å²) in [6.07, 6.45) is 1.38. The molecule has 3 aromatic rings. The minimum atomic E-state index is -1.07. The first-order chi connectivity index (χ1) is 16.7. The average molecular weight is 497 g/mol. The minimum Gasteiger partial charge on any atom is -0.507 e. The van der Waals surface area contributed by atoms with Crippen LogP contribution < -0.4 is 9.64 Å². The molecule has 1 saturated heterocycles. The second-order valence-electron chi connectivity index (χ2n) is 8.01. The predicted octanol–water partition coefficient (Wildman–Crippen LogP) is 4.63. The van der Waals surface area contributed by atoms with E-state index in [0.29, 0.717) is 17.0 Å².